The first-order chi connectivity index (χ1) is 7.06. The molecule has 1 aliphatic rings. The average molecular weight is 212 g/mol. The van der Waals surface area contributed by atoms with Crippen LogP contribution in [0.1, 0.15) is 58.8 Å². The van der Waals surface area contributed by atoms with Gasteiger partial charge in [0.1, 0.15) is 0 Å². The lowest BCUT2D eigenvalue weighted by atomic mass is 9.80. The van der Waals surface area contributed by atoms with Crippen molar-refractivity contribution in [2.24, 2.45) is 5.73 Å². The fraction of sp³-hybridized carbons (Fsp3) is 0.917. The highest BCUT2D eigenvalue weighted by molar-refractivity contribution is 5.77. The molecular formula is C12H24N2O. The molecule has 0 bridgehead atoms. The first-order valence-corrected chi connectivity index (χ1v) is 6.14. The van der Waals surface area contributed by atoms with E-state index >= 15 is 0 Å². The Morgan fingerprint density at radius 1 is 1.40 bits per heavy atom. The lowest BCUT2D eigenvalue weighted by Gasteiger charge is -2.33. The fourth-order valence-corrected chi connectivity index (χ4v) is 2.18. The molecule has 0 aromatic heterocycles. The molecule has 1 aliphatic carbocycles. The Balaban J connectivity index is 2.35. The van der Waals surface area contributed by atoms with Crippen molar-refractivity contribution in [1.82, 2.24) is 5.32 Å². The van der Waals surface area contributed by atoms with Crippen LogP contribution < -0.4 is 11.1 Å². The summed E-state index contributed by atoms with van der Waals surface area (Å²) in [5.41, 5.74) is 5.99. The molecule has 0 aromatic rings. The minimum atomic E-state index is -0.226. The minimum Gasteiger partial charge on any atom is -0.354 e. The standard InChI is InChI=1S/C12H24N2O/c1-3-10(2)14-11(15)9-12(13)7-5-4-6-8-12/h10H,3-9,13H2,1-2H3,(H,14,15). The largest absolute Gasteiger partial charge is 0.354 e. The number of carbonyl (C=O) groups is 1. The second-order valence-corrected chi connectivity index (χ2v) is 4.98. The van der Waals surface area contributed by atoms with Gasteiger partial charge in [0.15, 0.2) is 0 Å². The van der Waals surface area contributed by atoms with E-state index in [1.165, 1.54) is 19.3 Å². The van der Waals surface area contributed by atoms with Crippen LogP contribution in [-0.2, 0) is 4.79 Å². The summed E-state index contributed by atoms with van der Waals surface area (Å²) < 4.78 is 0. The van der Waals surface area contributed by atoms with Gasteiger partial charge in [-0.1, -0.05) is 26.2 Å². The van der Waals surface area contributed by atoms with Gasteiger partial charge in [0.05, 0.1) is 0 Å². The van der Waals surface area contributed by atoms with Gasteiger partial charge >= 0.3 is 0 Å². The second-order valence-electron chi connectivity index (χ2n) is 4.98. The third kappa shape index (κ3) is 4.20. The van der Waals surface area contributed by atoms with E-state index in [9.17, 15) is 4.79 Å². The summed E-state index contributed by atoms with van der Waals surface area (Å²) in [6.07, 6.45) is 7.09. The molecule has 1 atom stereocenters. The molecule has 0 aromatic carbocycles. The van der Waals surface area contributed by atoms with E-state index in [0.29, 0.717) is 6.42 Å². The van der Waals surface area contributed by atoms with Gasteiger partial charge in [-0.05, 0) is 26.2 Å². The van der Waals surface area contributed by atoms with E-state index < -0.39 is 0 Å². The molecule has 0 heterocycles. The van der Waals surface area contributed by atoms with E-state index in [4.69, 9.17) is 5.73 Å². The number of hydrogen-bond acceptors (Lipinski definition) is 2. The molecule has 3 heteroatoms. The summed E-state index contributed by atoms with van der Waals surface area (Å²) in [6, 6.07) is 0.268. The molecule has 88 valence electrons. The van der Waals surface area contributed by atoms with Crippen LogP contribution in [0.25, 0.3) is 0 Å². The van der Waals surface area contributed by atoms with Crippen LogP contribution in [0.5, 0.6) is 0 Å². The Morgan fingerprint density at radius 2 is 2.00 bits per heavy atom. The van der Waals surface area contributed by atoms with Crippen molar-refractivity contribution < 1.29 is 4.79 Å². The third-order valence-corrected chi connectivity index (χ3v) is 3.38. The molecule has 1 fully saturated rings. The second kappa shape index (κ2) is 5.50. The van der Waals surface area contributed by atoms with E-state index in [1.54, 1.807) is 0 Å². The number of amides is 1. The summed E-state index contributed by atoms with van der Waals surface area (Å²) in [5.74, 6) is 0.119. The molecule has 1 saturated carbocycles. The quantitative estimate of drug-likeness (QED) is 0.748. The highest BCUT2D eigenvalue weighted by atomic mass is 16.1. The van der Waals surface area contributed by atoms with Crippen molar-refractivity contribution >= 4 is 5.91 Å². The van der Waals surface area contributed by atoms with Crippen LogP contribution in [0.2, 0.25) is 0 Å². The van der Waals surface area contributed by atoms with Crippen LogP contribution in [0, 0.1) is 0 Å². The molecule has 0 radical (unpaired) electrons. The number of hydrogen-bond donors (Lipinski definition) is 2. The highest BCUT2D eigenvalue weighted by Crippen LogP contribution is 2.28. The normalized spacial score (nSPS) is 22.1. The van der Waals surface area contributed by atoms with Crippen molar-refractivity contribution in [1.29, 1.82) is 0 Å². The molecule has 0 spiro atoms. The maximum atomic E-state index is 11.7. The molecule has 1 unspecified atom stereocenters. The molecule has 0 aliphatic heterocycles. The fourth-order valence-electron chi connectivity index (χ4n) is 2.18. The van der Waals surface area contributed by atoms with Gasteiger partial charge in [-0.25, -0.2) is 0 Å². The predicted octanol–water partition coefficient (Wildman–Crippen LogP) is 1.95. The van der Waals surface area contributed by atoms with Gasteiger partial charge in [0.2, 0.25) is 5.91 Å². The summed E-state index contributed by atoms with van der Waals surface area (Å²) in [7, 11) is 0. The van der Waals surface area contributed by atoms with Crippen LogP contribution in [-0.4, -0.2) is 17.5 Å². The maximum absolute atomic E-state index is 11.7. The van der Waals surface area contributed by atoms with Crippen molar-refractivity contribution in [3.05, 3.63) is 0 Å². The molecule has 15 heavy (non-hydrogen) atoms. The summed E-state index contributed by atoms with van der Waals surface area (Å²) in [4.78, 5) is 11.7. The predicted molar refractivity (Wildman–Crippen MR) is 62.5 cm³/mol. The Bertz CT molecular complexity index is 210. The zero-order chi connectivity index (χ0) is 11.3. The van der Waals surface area contributed by atoms with E-state index in [1.807, 2.05) is 6.92 Å². The lowest BCUT2D eigenvalue weighted by molar-refractivity contribution is -0.123. The Morgan fingerprint density at radius 3 is 2.53 bits per heavy atom. The molecule has 3 nitrogen and oxygen atoms in total. The van der Waals surface area contributed by atoms with Gasteiger partial charge in [-0.3, -0.25) is 4.79 Å². The minimum absolute atomic E-state index is 0.119. The molecular weight excluding hydrogens is 188 g/mol. The molecule has 0 saturated heterocycles. The molecule has 1 rings (SSSR count). The maximum Gasteiger partial charge on any atom is 0.222 e. The van der Waals surface area contributed by atoms with Gasteiger partial charge in [-0.15, -0.1) is 0 Å². The van der Waals surface area contributed by atoms with Crippen molar-refractivity contribution in [3.8, 4) is 0 Å². The van der Waals surface area contributed by atoms with Gasteiger partial charge in [0.25, 0.3) is 0 Å². The Hall–Kier alpha value is -0.570. The highest BCUT2D eigenvalue weighted by Gasteiger charge is 2.30. The van der Waals surface area contributed by atoms with Gasteiger partial charge in [-0.2, -0.15) is 0 Å². The molecule has 1 amide bonds. The van der Waals surface area contributed by atoms with Crippen LogP contribution in [0.3, 0.4) is 0 Å². The van der Waals surface area contributed by atoms with E-state index in [0.717, 1.165) is 19.3 Å². The molecule has 3 N–H and O–H groups in total. The summed E-state index contributed by atoms with van der Waals surface area (Å²) in [5, 5.41) is 2.98. The van der Waals surface area contributed by atoms with Crippen LogP contribution in [0.4, 0.5) is 0 Å². The zero-order valence-corrected chi connectivity index (χ0v) is 10.0. The van der Waals surface area contributed by atoms with E-state index in [2.05, 4.69) is 12.2 Å². The van der Waals surface area contributed by atoms with Crippen molar-refractivity contribution in [3.63, 3.8) is 0 Å². The number of carbonyl (C=O) groups excluding carboxylic acids is 1. The monoisotopic (exact) mass is 212 g/mol. The smallest absolute Gasteiger partial charge is 0.222 e. The zero-order valence-electron chi connectivity index (χ0n) is 10.0. The number of nitrogens with two attached hydrogens (primary N) is 1. The first-order valence-electron chi connectivity index (χ1n) is 6.14. The lowest BCUT2D eigenvalue weighted by Crippen LogP contribution is -2.47. The summed E-state index contributed by atoms with van der Waals surface area (Å²) >= 11 is 0. The topological polar surface area (TPSA) is 55.1 Å². The van der Waals surface area contributed by atoms with Crippen molar-refractivity contribution in [2.75, 3.05) is 0 Å². The Labute approximate surface area is 92.8 Å². The third-order valence-electron chi connectivity index (χ3n) is 3.38. The van der Waals surface area contributed by atoms with Gasteiger partial charge < -0.3 is 11.1 Å². The first kappa shape index (κ1) is 12.5. The van der Waals surface area contributed by atoms with Crippen molar-refractivity contribution in [2.45, 2.75) is 70.4 Å². The summed E-state index contributed by atoms with van der Waals surface area (Å²) in [6.45, 7) is 4.10. The Kier molecular flexibility index (Phi) is 4.58. The van der Waals surface area contributed by atoms with E-state index in [-0.39, 0.29) is 17.5 Å². The van der Waals surface area contributed by atoms with Crippen LogP contribution >= 0.6 is 0 Å². The number of rotatable bonds is 4. The van der Waals surface area contributed by atoms with Crippen LogP contribution in [0.15, 0.2) is 0 Å². The average Bonchev–Trinajstić information content (AvgIpc) is 2.17. The SMILES string of the molecule is CCC(C)NC(=O)CC1(N)CCCCC1. The number of nitrogens with one attached hydrogen (secondary N) is 1. The van der Waals surface area contributed by atoms with Gasteiger partial charge in [0, 0.05) is 18.0 Å².